The SMILES string of the molecule is O=C(Nc1cccc2ccccc12)ON=Cc1ccccc1O. The predicted molar refractivity (Wildman–Crippen MR) is 89.8 cm³/mol. The van der Waals surface area contributed by atoms with E-state index >= 15 is 0 Å². The largest absolute Gasteiger partial charge is 0.507 e. The highest BCUT2D eigenvalue weighted by Gasteiger charge is 2.06. The van der Waals surface area contributed by atoms with Crippen molar-refractivity contribution in [2.24, 2.45) is 5.16 Å². The number of nitrogens with one attached hydrogen (secondary N) is 1. The van der Waals surface area contributed by atoms with Crippen molar-refractivity contribution in [2.45, 2.75) is 0 Å². The Morgan fingerprint density at radius 3 is 2.61 bits per heavy atom. The fraction of sp³-hybridized carbons (Fsp3) is 0. The van der Waals surface area contributed by atoms with Crippen molar-refractivity contribution in [1.29, 1.82) is 0 Å². The minimum atomic E-state index is -0.701. The molecule has 0 atom stereocenters. The zero-order chi connectivity index (χ0) is 16.1. The fourth-order valence-corrected chi connectivity index (χ4v) is 2.19. The predicted octanol–water partition coefficient (Wildman–Crippen LogP) is 4.13. The number of anilines is 1. The van der Waals surface area contributed by atoms with Gasteiger partial charge >= 0.3 is 6.09 Å². The molecule has 114 valence electrons. The third kappa shape index (κ3) is 3.47. The number of rotatable bonds is 3. The molecule has 5 heteroatoms. The molecule has 0 aromatic heterocycles. The van der Waals surface area contributed by atoms with Gasteiger partial charge in [0.2, 0.25) is 0 Å². The summed E-state index contributed by atoms with van der Waals surface area (Å²) >= 11 is 0. The van der Waals surface area contributed by atoms with Crippen LogP contribution in [0.25, 0.3) is 10.8 Å². The molecule has 2 N–H and O–H groups in total. The molecule has 3 rings (SSSR count). The molecule has 0 saturated carbocycles. The number of amides is 1. The lowest BCUT2D eigenvalue weighted by molar-refractivity contribution is 0.167. The molecule has 0 unspecified atom stereocenters. The molecule has 1 amide bonds. The van der Waals surface area contributed by atoms with Crippen molar-refractivity contribution in [1.82, 2.24) is 0 Å². The average Bonchev–Trinajstić information content (AvgIpc) is 2.57. The van der Waals surface area contributed by atoms with Gasteiger partial charge in [-0.3, -0.25) is 10.2 Å². The van der Waals surface area contributed by atoms with Gasteiger partial charge in [-0.2, -0.15) is 0 Å². The third-order valence-electron chi connectivity index (χ3n) is 3.29. The molecule has 5 nitrogen and oxygen atoms in total. The van der Waals surface area contributed by atoms with Gasteiger partial charge in [-0.05, 0) is 23.6 Å². The van der Waals surface area contributed by atoms with Gasteiger partial charge in [0.05, 0.1) is 11.9 Å². The molecule has 0 aliphatic carbocycles. The normalized spacial score (nSPS) is 10.8. The van der Waals surface area contributed by atoms with Crippen molar-refractivity contribution in [3.63, 3.8) is 0 Å². The van der Waals surface area contributed by atoms with Crippen molar-refractivity contribution in [3.05, 3.63) is 72.3 Å². The zero-order valence-electron chi connectivity index (χ0n) is 12.1. The second-order valence-electron chi connectivity index (χ2n) is 4.82. The molecule has 0 radical (unpaired) electrons. The lowest BCUT2D eigenvalue weighted by Crippen LogP contribution is -2.11. The fourth-order valence-electron chi connectivity index (χ4n) is 2.19. The number of nitrogens with zero attached hydrogens (tertiary/aromatic N) is 1. The number of phenolic OH excluding ortho intramolecular Hbond substituents is 1. The zero-order valence-corrected chi connectivity index (χ0v) is 12.1. The summed E-state index contributed by atoms with van der Waals surface area (Å²) in [4.78, 5) is 16.6. The molecule has 0 aliphatic rings. The first kappa shape index (κ1) is 14.6. The summed E-state index contributed by atoms with van der Waals surface area (Å²) in [7, 11) is 0. The Labute approximate surface area is 132 Å². The number of para-hydroxylation sites is 1. The quantitative estimate of drug-likeness (QED) is 0.434. The maximum absolute atomic E-state index is 11.8. The summed E-state index contributed by atoms with van der Waals surface area (Å²) in [6.07, 6.45) is 0.575. The number of oxime groups is 1. The average molecular weight is 306 g/mol. The Balaban J connectivity index is 1.69. The topological polar surface area (TPSA) is 70.9 Å². The number of carbonyl (C=O) groups is 1. The smallest absolute Gasteiger partial charge is 0.437 e. The van der Waals surface area contributed by atoms with Crippen LogP contribution in [0.4, 0.5) is 10.5 Å². The van der Waals surface area contributed by atoms with E-state index in [2.05, 4.69) is 10.5 Å². The number of phenols is 1. The summed E-state index contributed by atoms with van der Waals surface area (Å²) < 4.78 is 0. The monoisotopic (exact) mass is 306 g/mol. The molecule has 0 aliphatic heterocycles. The molecule has 23 heavy (non-hydrogen) atoms. The van der Waals surface area contributed by atoms with Crippen molar-refractivity contribution < 1.29 is 14.7 Å². The van der Waals surface area contributed by atoms with Gasteiger partial charge in [-0.1, -0.05) is 53.7 Å². The molecular formula is C18H14N2O3. The Kier molecular flexibility index (Phi) is 4.20. The van der Waals surface area contributed by atoms with Crippen molar-refractivity contribution in [2.75, 3.05) is 5.32 Å². The van der Waals surface area contributed by atoms with Crippen LogP contribution in [0.2, 0.25) is 0 Å². The van der Waals surface area contributed by atoms with Crippen LogP contribution in [0.3, 0.4) is 0 Å². The summed E-state index contributed by atoms with van der Waals surface area (Å²) in [5.41, 5.74) is 1.11. The van der Waals surface area contributed by atoms with Crippen LogP contribution in [0.5, 0.6) is 5.75 Å². The highest BCUT2D eigenvalue weighted by Crippen LogP contribution is 2.23. The molecule has 0 bridgehead atoms. The van der Waals surface area contributed by atoms with Crippen LogP contribution in [-0.4, -0.2) is 17.4 Å². The van der Waals surface area contributed by atoms with Gasteiger partial charge in [0, 0.05) is 10.9 Å². The molecule has 0 saturated heterocycles. The van der Waals surface area contributed by atoms with Gasteiger partial charge in [0.25, 0.3) is 0 Å². The van der Waals surface area contributed by atoms with E-state index in [1.165, 1.54) is 12.3 Å². The van der Waals surface area contributed by atoms with Crippen LogP contribution >= 0.6 is 0 Å². The summed E-state index contributed by atoms with van der Waals surface area (Å²) in [5, 5.41) is 17.7. The second kappa shape index (κ2) is 6.62. The first-order chi connectivity index (χ1) is 11.2. The first-order valence-corrected chi connectivity index (χ1v) is 7.01. The lowest BCUT2D eigenvalue weighted by atomic mass is 10.1. The highest BCUT2D eigenvalue weighted by molar-refractivity contribution is 6.00. The second-order valence-corrected chi connectivity index (χ2v) is 4.82. The maximum Gasteiger partial charge on any atom is 0.437 e. The van der Waals surface area contributed by atoms with E-state index < -0.39 is 6.09 Å². The molecule has 0 heterocycles. The Morgan fingerprint density at radius 1 is 1.00 bits per heavy atom. The highest BCUT2D eigenvalue weighted by atomic mass is 16.7. The van der Waals surface area contributed by atoms with Crippen molar-refractivity contribution >= 4 is 28.8 Å². The standard InChI is InChI=1S/C18H14N2O3/c21-17-11-4-2-7-14(17)12-19-23-18(22)20-16-10-5-8-13-6-1-3-9-15(13)16/h1-12,21H,(H,20,22). The summed E-state index contributed by atoms with van der Waals surface area (Å²) in [5.74, 6) is 0.0642. The van der Waals surface area contributed by atoms with E-state index in [0.29, 0.717) is 11.3 Å². The molecule has 0 fully saturated rings. The molecule has 3 aromatic rings. The van der Waals surface area contributed by atoms with Crippen molar-refractivity contribution in [3.8, 4) is 5.75 Å². The van der Waals surface area contributed by atoms with E-state index in [9.17, 15) is 9.90 Å². The van der Waals surface area contributed by atoms with Gasteiger partial charge in [0.1, 0.15) is 5.75 Å². The van der Waals surface area contributed by atoms with E-state index in [4.69, 9.17) is 4.84 Å². The number of fused-ring (bicyclic) bond motifs is 1. The Bertz CT molecular complexity index is 870. The van der Waals surface area contributed by atoms with Gasteiger partial charge in [0.15, 0.2) is 0 Å². The van der Waals surface area contributed by atoms with Gasteiger partial charge in [-0.25, -0.2) is 4.79 Å². The lowest BCUT2D eigenvalue weighted by Gasteiger charge is -2.06. The summed E-state index contributed by atoms with van der Waals surface area (Å²) in [6.45, 7) is 0. The number of hydrogen-bond acceptors (Lipinski definition) is 4. The maximum atomic E-state index is 11.8. The number of benzene rings is 3. The number of hydrogen-bond donors (Lipinski definition) is 2. The van der Waals surface area contributed by atoms with E-state index in [0.717, 1.165) is 10.8 Å². The molecule has 0 spiro atoms. The minimum Gasteiger partial charge on any atom is -0.507 e. The van der Waals surface area contributed by atoms with Gasteiger partial charge in [-0.15, -0.1) is 0 Å². The summed E-state index contributed by atoms with van der Waals surface area (Å²) in [6, 6.07) is 19.9. The minimum absolute atomic E-state index is 0.0642. The van der Waals surface area contributed by atoms with E-state index in [1.54, 1.807) is 24.3 Å². The van der Waals surface area contributed by atoms with Crippen LogP contribution in [0.1, 0.15) is 5.56 Å². The number of carbonyl (C=O) groups excluding carboxylic acids is 1. The van der Waals surface area contributed by atoms with Crippen LogP contribution in [0, 0.1) is 0 Å². The molecule has 3 aromatic carbocycles. The molecular weight excluding hydrogens is 292 g/mol. The number of aromatic hydroxyl groups is 1. The van der Waals surface area contributed by atoms with Crippen LogP contribution < -0.4 is 5.32 Å². The third-order valence-corrected chi connectivity index (χ3v) is 3.29. The van der Waals surface area contributed by atoms with Crippen LogP contribution in [0.15, 0.2) is 71.9 Å². The Hall–Kier alpha value is -3.34. The van der Waals surface area contributed by atoms with E-state index in [1.807, 2.05) is 36.4 Å². The first-order valence-electron chi connectivity index (χ1n) is 7.01. The Morgan fingerprint density at radius 2 is 1.74 bits per heavy atom. The van der Waals surface area contributed by atoms with Gasteiger partial charge < -0.3 is 5.11 Å². The van der Waals surface area contributed by atoms with Crippen LogP contribution in [-0.2, 0) is 4.84 Å². The van der Waals surface area contributed by atoms with E-state index in [-0.39, 0.29) is 5.75 Å².